The summed E-state index contributed by atoms with van der Waals surface area (Å²) in [6.45, 7) is 0. The predicted molar refractivity (Wildman–Crippen MR) is 103 cm³/mol. The molecule has 2 rings (SSSR count). The molecule has 0 saturated heterocycles. The minimum Gasteiger partial charge on any atom is -0.386 e. The van der Waals surface area contributed by atoms with Crippen molar-refractivity contribution < 1.29 is 61.9 Å². The highest BCUT2D eigenvalue weighted by Crippen LogP contribution is 2.56. The van der Waals surface area contributed by atoms with Gasteiger partial charge in [0.05, 0.1) is 22.5 Å². The highest BCUT2D eigenvalue weighted by molar-refractivity contribution is 9.10. The molecule has 0 radical (unpaired) electrons. The molecule has 36 heavy (non-hydrogen) atoms. The molecule has 0 fully saturated rings. The summed E-state index contributed by atoms with van der Waals surface area (Å²) in [5, 5.41) is 3.69. The number of nitrogens with one attached hydrogen (secondary N) is 2. The van der Waals surface area contributed by atoms with Crippen LogP contribution >= 0.6 is 15.9 Å². The van der Waals surface area contributed by atoms with Gasteiger partial charge in [-0.1, -0.05) is 6.07 Å². The molecule has 0 aliphatic carbocycles. The zero-order valence-electron chi connectivity index (χ0n) is 17.1. The molecule has 0 heterocycles. The summed E-state index contributed by atoms with van der Waals surface area (Å²) >= 11 is 2.21. The van der Waals surface area contributed by atoms with Crippen molar-refractivity contribution >= 4 is 33.2 Å². The maximum Gasteiger partial charge on any atom is 0.458 e. The number of benzene rings is 2. The molecule has 0 saturated carbocycles. The van der Waals surface area contributed by atoms with Gasteiger partial charge in [-0.3, -0.25) is 4.79 Å². The van der Waals surface area contributed by atoms with Gasteiger partial charge in [-0.05, 0) is 40.2 Å². The number of hydrogen-bond donors (Lipinski definition) is 2. The SMILES string of the molecule is CNc1cccc(C(=O)Nc2c(Br)cc(C(F)(C(F)(F)F)C(F)(F)F)cc2C(F)(F)C(F)(F)F)c1F. The van der Waals surface area contributed by atoms with E-state index in [0.29, 0.717) is 0 Å². The van der Waals surface area contributed by atoms with Gasteiger partial charge < -0.3 is 10.6 Å². The number of hydrogen-bond acceptors (Lipinski definition) is 2. The minimum atomic E-state index is -6.85. The van der Waals surface area contributed by atoms with Crippen LogP contribution in [0.4, 0.5) is 68.5 Å². The average Bonchev–Trinajstić information content (AvgIpc) is 2.71. The number of carbonyl (C=O) groups excluding carboxylic acids is 1. The van der Waals surface area contributed by atoms with Crippen LogP contribution < -0.4 is 10.6 Å². The first-order valence-corrected chi connectivity index (χ1v) is 9.79. The molecule has 0 bridgehead atoms. The molecule has 0 aromatic heterocycles. The van der Waals surface area contributed by atoms with Crippen LogP contribution in [0.1, 0.15) is 21.5 Å². The molecule has 1 amide bonds. The van der Waals surface area contributed by atoms with Gasteiger partial charge in [0, 0.05) is 17.1 Å². The topological polar surface area (TPSA) is 41.1 Å². The fourth-order valence-corrected chi connectivity index (χ4v) is 3.46. The Balaban J connectivity index is 2.86. The Kier molecular flexibility index (Phi) is 7.62. The zero-order valence-corrected chi connectivity index (χ0v) is 18.7. The molecule has 0 unspecified atom stereocenters. The lowest BCUT2D eigenvalue weighted by molar-refractivity contribution is -0.348. The number of carbonyl (C=O) groups is 1. The summed E-state index contributed by atoms with van der Waals surface area (Å²) in [7, 11) is 1.20. The van der Waals surface area contributed by atoms with E-state index in [1.807, 2.05) is 0 Å². The summed E-state index contributed by atoms with van der Waals surface area (Å²) in [4.78, 5) is 12.4. The molecule has 0 spiro atoms. The summed E-state index contributed by atoms with van der Waals surface area (Å²) in [6.07, 6.45) is -20.3. The van der Waals surface area contributed by atoms with Crippen LogP contribution in [0, 0.1) is 5.82 Å². The molecule has 2 N–H and O–H groups in total. The first-order chi connectivity index (χ1) is 16.1. The maximum atomic E-state index is 14.4. The monoisotopic (exact) mass is 608 g/mol. The molecule has 2 aromatic carbocycles. The van der Waals surface area contributed by atoms with Crippen LogP contribution in [0.2, 0.25) is 0 Å². The van der Waals surface area contributed by atoms with Crippen molar-refractivity contribution in [3.05, 3.63) is 57.3 Å². The summed E-state index contributed by atoms with van der Waals surface area (Å²) in [6, 6.07) is 1.49. The van der Waals surface area contributed by atoms with Crippen LogP contribution in [-0.2, 0) is 11.6 Å². The van der Waals surface area contributed by atoms with Crippen LogP contribution in [0.5, 0.6) is 0 Å². The Bertz CT molecular complexity index is 1140. The smallest absolute Gasteiger partial charge is 0.386 e. The number of rotatable bonds is 5. The Hall–Kier alpha value is -2.72. The molecule has 0 aliphatic heterocycles. The van der Waals surface area contributed by atoms with Crippen LogP contribution in [0.15, 0.2) is 34.8 Å². The largest absolute Gasteiger partial charge is 0.458 e. The lowest BCUT2D eigenvalue weighted by Crippen LogP contribution is -2.50. The predicted octanol–water partition coefficient (Wildman–Crippen LogP) is 7.83. The molecule has 0 aliphatic rings. The third kappa shape index (κ3) is 4.93. The fourth-order valence-electron chi connectivity index (χ4n) is 2.90. The number of amides is 1. The first kappa shape index (κ1) is 29.5. The minimum absolute atomic E-state index is 0.338. The Morgan fingerprint density at radius 3 is 1.81 bits per heavy atom. The van der Waals surface area contributed by atoms with Gasteiger partial charge in [0.1, 0.15) is 0 Å². The van der Waals surface area contributed by atoms with E-state index in [0.717, 1.165) is 18.2 Å². The second-order valence-electron chi connectivity index (χ2n) is 6.98. The van der Waals surface area contributed by atoms with E-state index in [4.69, 9.17) is 0 Å². The van der Waals surface area contributed by atoms with E-state index in [-0.39, 0.29) is 11.8 Å². The van der Waals surface area contributed by atoms with Crippen LogP contribution in [-0.4, -0.2) is 31.5 Å². The molecule has 0 atom stereocenters. The van der Waals surface area contributed by atoms with E-state index in [1.165, 1.54) is 12.4 Å². The molecular weight excluding hydrogens is 599 g/mol. The summed E-state index contributed by atoms with van der Waals surface area (Å²) in [5.41, 5.74) is -14.7. The van der Waals surface area contributed by atoms with E-state index in [9.17, 15) is 61.9 Å². The maximum absolute atomic E-state index is 14.4. The van der Waals surface area contributed by atoms with E-state index in [1.54, 1.807) is 0 Å². The van der Waals surface area contributed by atoms with Gasteiger partial charge in [0.25, 0.3) is 5.91 Å². The zero-order chi connectivity index (χ0) is 28.1. The number of anilines is 2. The van der Waals surface area contributed by atoms with Gasteiger partial charge in [0.15, 0.2) is 5.82 Å². The number of alkyl halides is 12. The quantitative estimate of drug-likeness (QED) is 0.340. The van der Waals surface area contributed by atoms with Gasteiger partial charge in [-0.2, -0.15) is 48.3 Å². The third-order valence-electron chi connectivity index (χ3n) is 4.71. The van der Waals surface area contributed by atoms with Crippen LogP contribution in [0.3, 0.4) is 0 Å². The van der Waals surface area contributed by atoms with Crippen molar-refractivity contribution in [2.45, 2.75) is 30.1 Å². The highest BCUT2D eigenvalue weighted by atomic mass is 79.9. The fraction of sp³-hybridized carbons (Fsp3) is 0.316. The summed E-state index contributed by atoms with van der Waals surface area (Å²) in [5.74, 6) is -9.25. The van der Waals surface area contributed by atoms with Gasteiger partial charge in [-0.25, -0.2) is 8.78 Å². The van der Waals surface area contributed by atoms with Gasteiger partial charge >= 0.3 is 30.1 Å². The van der Waals surface area contributed by atoms with Crippen molar-refractivity contribution in [1.82, 2.24) is 0 Å². The highest BCUT2D eigenvalue weighted by Gasteiger charge is 2.74. The van der Waals surface area contributed by atoms with Crippen molar-refractivity contribution in [3.8, 4) is 0 Å². The van der Waals surface area contributed by atoms with Crippen molar-refractivity contribution in [1.29, 1.82) is 0 Å². The van der Waals surface area contributed by atoms with Crippen molar-refractivity contribution in [2.24, 2.45) is 0 Å². The normalized spacial score (nSPS) is 13.5. The average molecular weight is 609 g/mol. The van der Waals surface area contributed by atoms with Crippen molar-refractivity contribution in [3.63, 3.8) is 0 Å². The lowest BCUT2D eigenvalue weighted by Gasteiger charge is -2.32. The van der Waals surface area contributed by atoms with Gasteiger partial charge in [-0.15, -0.1) is 0 Å². The Labute approximate surface area is 200 Å². The third-order valence-corrected chi connectivity index (χ3v) is 5.34. The lowest BCUT2D eigenvalue weighted by atomic mass is 9.90. The molecular formula is C19H10BrF13N2O. The van der Waals surface area contributed by atoms with Crippen LogP contribution in [0.25, 0.3) is 0 Å². The second kappa shape index (κ2) is 9.30. The molecule has 200 valence electrons. The second-order valence-corrected chi connectivity index (χ2v) is 7.83. The van der Waals surface area contributed by atoms with E-state index < -0.39 is 74.8 Å². The van der Waals surface area contributed by atoms with Gasteiger partial charge in [0.2, 0.25) is 0 Å². The standard InChI is InChI=1S/C19H10BrF13N2O/c1-34-11-4-2-3-8(12(11)21)14(36)35-13-9(16(23,24)19(31,32)33)5-7(6-10(13)20)15(22,17(25,26)27)18(28,29)30/h2-6,34H,1H3,(H,35,36). The molecule has 17 heteroatoms. The Morgan fingerprint density at radius 2 is 1.36 bits per heavy atom. The molecule has 3 nitrogen and oxygen atoms in total. The first-order valence-electron chi connectivity index (χ1n) is 9.00. The number of halogens is 14. The van der Waals surface area contributed by atoms with Crippen molar-refractivity contribution in [2.75, 3.05) is 17.7 Å². The Morgan fingerprint density at radius 1 is 0.833 bits per heavy atom. The molecule has 2 aromatic rings. The van der Waals surface area contributed by atoms with E-state index in [2.05, 4.69) is 21.2 Å². The summed E-state index contributed by atoms with van der Waals surface area (Å²) < 4.78 is 174. The van der Waals surface area contributed by atoms with E-state index >= 15 is 0 Å².